The summed E-state index contributed by atoms with van der Waals surface area (Å²) in [4.78, 5) is 25.4. The Labute approximate surface area is 121 Å². The highest BCUT2D eigenvalue weighted by molar-refractivity contribution is 5.98. The van der Waals surface area contributed by atoms with Crippen molar-refractivity contribution in [2.75, 3.05) is 19.0 Å². The van der Waals surface area contributed by atoms with E-state index in [0.29, 0.717) is 18.7 Å². The molecule has 0 spiro atoms. The van der Waals surface area contributed by atoms with Crippen molar-refractivity contribution in [1.82, 2.24) is 15.1 Å². The summed E-state index contributed by atoms with van der Waals surface area (Å²) in [6.45, 7) is 0.546. The summed E-state index contributed by atoms with van der Waals surface area (Å²) in [6, 6.07) is 5.03. The number of amides is 2. The summed E-state index contributed by atoms with van der Waals surface area (Å²) < 4.78 is 4.71. The largest absolute Gasteiger partial charge is 0.453 e. The lowest BCUT2D eigenvalue weighted by atomic mass is 10.2. The SMILES string of the molecule is COC(=O)N1CCCC1C(=O)Nc1ccc2cn[nH]c2c1. The number of aromatic nitrogens is 2. The van der Waals surface area contributed by atoms with Crippen LogP contribution < -0.4 is 5.32 Å². The number of rotatable bonds is 2. The maximum Gasteiger partial charge on any atom is 0.410 e. The quantitative estimate of drug-likeness (QED) is 0.881. The predicted molar refractivity (Wildman–Crippen MR) is 76.9 cm³/mol. The van der Waals surface area contributed by atoms with E-state index in [9.17, 15) is 9.59 Å². The number of benzene rings is 1. The van der Waals surface area contributed by atoms with Crippen molar-refractivity contribution in [3.8, 4) is 0 Å². The number of fused-ring (bicyclic) bond motifs is 1. The zero-order valence-corrected chi connectivity index (χ0v) is 11.6. The molecule has 1 saturated heterocycles. The third kappa shape index (κ3) is 2.54. The fourth-order valence-electron chi connectivity index (χ4n) is 2.62. The third-order valence-corrected chi connectivity index (χ3v) is 3.67. The Morgan fingerprint density at radius 3 is 3.14 bits per heavy atom. The molecule has 0 bridgehead atoms. The van der Waals surface area contributed by atoms with Crippen LogP contribution in [0.4, 0.5) is 10.5 Å². The number of anilines is 1. The topological polar surface area (TPSA) is 87.3 Å². The number of H-pyrrole nitrogens is 1. The van der Waals surface area contributed by atoms with Crippen LogP contribution in [-0.4, -0.2) is 46.8 Å². The van der Waals surface area contributed by atoms with Crippen LogP contribution in [-0.2, 0) is 9.53 Å². The van der Waals surface area contributed by atoms with Crippen LogP contribution in [0.5, 0.6) is 0 Å². The molecule has 21 heavy (non-hydrogen) atoms. The van der Waals surface area contributed by atoms with Gasteiger partial charge in [0.1, 0.15) is 6.04 Å². The van der Waals surface area contributed by atoms with Crippen molar-refractivity contribution in [3.63, 3.8) is 0 Å². The molecule has 1 atom stereocenters. The number of aromatic amines is 1. The van der Waals surface area contributed by atoms with Gasteiger partial charge in [0.15, 0.2) is 0 Å². The van der Waals surface area contributed by atoms with Crippen molar-refractivity contribution in [3.05, 3.63) is 24.4 Å². The molecule has 1 aliphatic rings. The van der Waals surface area contributed by atoms with E-state index in [4.69, 9.17) is 4.74 Å². The van der Waals surface area contributed by atoms with Gasteiger partial charge in [-0.05, 0) is 31.0 Å². The highest BCUT2D eigenvalue weighted by atomic mass is 16.5. The summed E-state index contributed by atoms with van der Waals surface area (Å²) in [6.07, 6.45) is 2.70. The molecule has 2 heterocycles. The molecule has 0 radical (unpaired) electrons. The molecule has 110 valence electrons. The van der Waals surface area contributed by atoms with E-state index >= 15 is 0 Å². The number of likely N-dealkylation sites (tertiary alicyclic amines) is 1. The van der Waals surface area contributed by atoms with Crippen LogP contribution in [0.1, 0.15) is 12.8 Å². The molecule has 1 aromatic heterocycles. The molecule has 0 saturated carbocycles. The minimum atomic E-state index is -0.477. The van der Waals surface area contributed by atoms with Gasteiger partial charge in [0.05, 0.1) is 18.8 Å². The second kappa shape index (κ2) is 5.43. The number of hydrogen-bond acceptors (Lipinski definition) is 4. The van der Waals surface area contributed by atoms with Crippen molar-refractivity contribution >= 4 is 28.6 Å². The van der Waals surface area contributed by atoms with Gasteiger partial charge < -0.3 is 10.1 Å². The van der Waals surface area contributed by atoms with Crippen LogP contribution in [0.3, 0.4) is 0 Å². The normalized spacial score (nSPS) is 18.0. The smallest absolute Gasteiger partial charge is 0.410 e. The number of methoxy groups -OCH3 is 1. The van der Waals surface area contributed by atoms with Gasteiger partial charge in [-0.2, -0.15) is 5.10 Å². The van der Waals surface area contributed by atoms with Gasteiger partial charge in [0, 0.05) is 17.6 Å². The Bertz CT molecular complexity index is 682. The van der Waals surface area contributed by atoms with Crippen LogP contribution in [0, 0.1) is 0 Å². The summed E-state index contributed by atoms with van der Waals surface area (Å²) in [5, 5.41) is 10.6. The van der Waals surface area contributed by atoms with E-state index in [1.54, 1.807) is 6.20 Å². The first-order valence-electron chi connectivity index (χ1n) is 6.77. The molecule has 2 aromatic rings. The molecule has 3 rings (SSSR count). The number of ether oxygens (including phenoxy) is 1. The summed E-state index contributed by atoms with van der Waals surface area (Å²) >= 11 is 0. The first-order chi connectivity index (χ1) is 10.2. The zero-order valence-electron chi connectivity index (χ0n) is 11.6. The predicted octanol–water partition coefficient (Wildman–Crippen LogP) is 1.73. The van der Waals surface area contributed by atoms with E-state index in [0.717, 1.165) is 17.3 Å². The Morgan fingerprint density at radius 2 is 2.33 bits per heavy atom. The first-order valence-corrected chi connectivity index (χ1v) is 6.77. The van der Waals surface area contributed by atoms with E-state index in [-0.39, 0.29) is 5.91 Å². The maximum absolute atomic E-state index is 12.3. The van der Waals surface area contributed by atoms with Gasteiger partial charge in [-0.1, -0.05) is 0 Å². The fourth-order valence-corrected chi connectivity index (χ4v) is 2.62. The minimum Gasteiger partial charge on any atom is -0.453 e. The van der Waals surface area contributed by atoms with Gasteiger partial charge in [0.25, 0.3) is 0 Å². The molecule has 1 unspecified atom stereocenters. The number of carbonyl (C=O) groups is 2. The number of nitrogens with zero attached hydrogens (tertiary/aromatic N) is 2. The van der Waals surface area contributed by atoms with E-state index < -0.39 is 12.1 Å². The third-order valence-electron chi connectivity index (χ3n) is 3.67. The van der Waals surface area contributed by atoms with Gasteiger partial charge >= 0.3 is 6.09 Å². The summed E-state index contributed by atoms with van der Waals surface area (Å²) in [5.74, 6) is -0.197. The molecule has 1 aromatic carbocycles. The van der Waals surface area contributed by atoms with Crippen LogP contribution in [0.15, 0.2) is 24.4 Å². The minimum absolute atomic E-state index is 0.197. The fraction of sp³-hybridized carbons (Fsp3) is 0.357. The second-order valence-electron chi connectivity index (χ2n) is 4.98. The van der Waals surface area contributed by atoms with Crippen molar-refractivity contribution in [1.29, 1.82) is 0 Å². The van der Waals surface area contributed by atoms with Gasteiger partial charge in [-0.25, -0.2) is 4.79 Å². The van der Waals surface area contributed by atoms with Gasteiger partial charge in [-0.3, -0.25) is 14.8 Å². The van der Waals surface area contributed by atoms with Crippen molar-refractivity contribution < 1.29 is 14.3 Å². The average Bonchev–Trinajstić information content (AvgIpc) is 3.14. The molecule has 1 aliphatic heterocycles. The van der Waals surface area contributed by atoms with Crippen molar-refractivity contribution in [2.24, 2.45) is 0 Å². The number of carbonyl (C=O) groups excluding carboxylic acids is 2. The monoisotopic (exact) mass is 288 g/mol. The van der Waals surface area contributed by atoms with Gasteiger partial charge in [0.2, 0.25) is 5.91 Å². The molecule has 7 heteroatoms. The van der Waals surface area contributed by atoms with Gasteiger partial charge in [-0.15, -0.1) is 0 Å². The summed E-state index contributed by atoms with van der Waals surface area (Å²) in [7, 11) is 1.32. The maximum atomic E-state index is 12.3. The van der Waals surface area contributed by atoms with E-state index in [1.807, 2.05) is 18.2 Å². The molecule has 2 N–H and O–H groups in total. The lowest BCUT2D eigenvalue weighted by molar-refractivity contribution is -0.119. The van der Waals surface area contributed by atoms with E-state index in [1.165, 1.54) is 12.0 Å². The second-order valence-corrected chi connectivity index (χ2v) is 4.98. The summed E-state index contributed by atoms with van der Waals surface area (Å²) in [5.41, 5.74) is 1.53. The lowest BCUT2D eigenvalue weighted by Gasteiger charge is -2.22. The molecular formula is C14H16N4O3. The Balaban J connectivity index is 1.74. The van der Waals surface area contributed by atoms with Crippen molar-refractivity contribution in [2.45, 2.75) is 18.9 Å². The standard InChI is InChI=1S/C14H16N4O3/c1-21-14(20)18-6-2-3-12(18)13(19)16-10-5-4-9-8-15-17-11(9)7-10/h4-5,7-8,12H,2-3,6H2,1H3,(H,15,17)(H,16,19). The number of nitrogens with one attached hydrogen (secondary N) is 2. The molecule has 2 amide bonds. The molecule has 0 aliphatic carbocycles. The van der Waals surface area contributed by atoms with Crippen LogP contribution in [0.2, 0.25) is 0 Å². The van der Waals surface area contributed by atoms with Crippen LogP contribution in [0.25, 0.3) is 10.9 Å². The molecule has 7 nitrogen and oxygen atoms in total. The molecular weight excluding hydrogens is 272 g/mol. The average molecular weight is 288 g/mol. The number of hydrogen-bond donors (Lipinski definition) is 2. The Hall–Kier alpha value is -2.57. The van der Waals surface area contributed by atoms with Crippen LogP contribution >= 0.6 is 0 Å². The zero-order chi connectivity index (χ0) is 14.8. The highest BCUT2D eigenvalue weighted by Crippen LogP contribution is 2.21. The van der Waals surface area contributed by atoms with E-state index in [2.05, 4.69) is 15.5 Å². The molecule has 1 fully saturated rings. The Kier molecular flexibility index (Phi) is 3.47. The first kappa shape index (κ1) is 13.4. The lowest BCUT2D eigenvalue weighted by Crippen LogP contribution is -2.43. The Morgan fingerprint density at radius 1 is 1.48 bits per heavy atom. The highest BCUT2D eigenvalue weighted by Gasteiger charge is 2.34.